The Hall–Kier alpha value is -2.30. The van der Waals surface area contributed by atoms with Gasteiger partial charge in [0.25, 0.3) is 5.69 Å². The second-order valence-electron chi connectivity index (χ2n) is 5.49. The minimum Gasteiger partial charge on any atom is -0.324 e. The van der Waals surface area contributed by atoms with E-state index < -0.39 is 26.9 Å². The van der Waals surface area contributed by atoms with Crippen LogP contribution >= 0.6 is 15.9 Å². The van der Waals surface area contributed by atoms with E-state index in [1.807, 2.05) is 0 Å². The summed E-state index contributed by atoms with van der Waals surface area (Å²) in [5.74, 6) is -0.630. The van der Waals surface area contributed by atoms with E-state index in [1.165, 1.54) is 44.2 Å². The highest BCUT2D eigenvalue weighted by Crippen LogP contribution is 2.25. The van der Waals surface area contributed by atoms with Gasteiger partial charge in [-0.15, -0.1) is 0 Å². The summed E-state index contributed by atoms with van der Waals surface area (Å²) < 4.78 is 27.7. The molecule has 2 aromatic carbocycles. The molecule has 2 aromatic rings. The number of benzene rings is 2. The molecule has 26 heavy (non-hydrogen) atoms. The minimum atomic E-state index is -3.89. The number of carbonyl (C=O) groups is 1. The summed E-state index contributed by atoms with van der Waals surface area (Å²) in [6.45, 7) is 2.89. The first-order chi connectivity index (χ1) is 12.1. The van der Waals surface area contributed by atoms with Crippen molar-refractivity contribution in [1.82, 2.24) is 4.72 Å². The largest absolute Gasteiger partial charge is 0.324 e. The van der Waals surface area contributed by atoms with Gasteiger partial charge in [0.1, 0.15) is 0 Å². The van der Waals surface area contributed by atoms with Crippen molar-refractivity contribution in [3.63, 3.8) is 0 Å². The fourth-order valence-corrected chi connectivity index (χ4v) is 3.63. The quantitative estimate of drug-likeness (QED) is 0.527. The van der Waals surface area contributed by atoms with Crippen LogP contribution in [0.2, 0.25) is 0 Å². The molecule has 138 valence electrons. The van der Waals surface area contributed by atoms with E-state index in [-0.39, 0.29) is 21.8 Å². The van der Waals surface area contributed by atoms with Gasteiger partial charge >= 0.3 is 0 Å². The molecule has 8 nitrogen and oxygen atoms in total. The van der Waals surface area contributed by atoms with E-state index in [0.29, 0.717) is 0 Å². The predicted octanol–water partition coefficient (Wildman–Crippen LogP) is 2.97. The van der Waals surface area contributed by atoms with Gasteiger partial charge in [-0.1, -0.05) is 22.0 Å². The molecule has 0 heterocycles. The summed E-state index contributed by atoms with van der Waals surface area (Å²) in [7, 11) is -3.89. The number of carbonyl (C=O) groups excluding carboxylic acids is 1. The van der Waals surface area contributed by atoms with Crippen LogP contribution in [-0.2, 0) is 14.8 Å². The van der Waals surface area contributed by atoms with Crippen LogP contribution in [0.15, 0.2) is 51.8 Å². The van der Waals surface area contributed by atoms with Crippen molar-refractivity contribution in [2.24, 2.45) is 0 Å². The number of nitrogens with zero attached hydrogens (tertiary/aromatic N) is 1. The van der Waals surface area contributed by atoms with Crippen LogP contribution in [0.5, 0.6) is 0 Å². The molecule has 0 bridgehead atoms. The monoisotopic (exact) mass is 441 g/mol. The first kappa shape index (κ1) is 20.0. The smallest absolute Gasteiger partial charge is 0.274 e. The Bertz CT molecular complexity index is 945. The molecular formula is C16H16BrN3O5S. The molecule has 2 N–H and O–H groups in total. The molecule has 10 heteroatoms. The Kier molecular flexibility index (Phi) is 6.11. The Morgan fingerprint density at radius 3 is 2.38 bits per heavy atom. The van der Waals surface area contributed by atoms with Crippen molar-refractivity contribution in [2.45, 2.75) is 24.8 Å². The number of nitrogens with one attached hydrogen (secondary N) is 2. The van der Waals surface area contributed by atoms with Gasteiger partial charge in [0.05, 0.1) is 27.1 Å². The Morgan fingerprint density at radius 2 is 1.81 bits per heavy atom. The third kappa shape index (κ3) is 4.65. The number of halogens is 1. The van der Waals surface area contributed by atoms with Gasteiger partial charge in [0, 0.05) is 10.5 Å². The first-order valence-corrected chi connectivity index (χ1v) is 9.72. The maximum atomic E-state index is 12.3. The third-order valence-electron chi connectivity index (χ3n) is 3.61. The predicted molar refractivity (Wildman–Crippen MR) is 100 cm³/mol. The molecule has 1 amide bonds. The van der Waals surface area contributed by atoms with Gasteiger partial charge in [-0.2, -0.15) is 4.72 Å². The summed E-state index contributed by atoms with van der Waals surface area (Å²) in [4.78, 5) is 22.7. The van der Waals surface area contributed by atoms with E-state index in [4.69, 9.17) is 0 Å². The number of rotatable bonds is 6. The SMILES string of the molecule is Cc1c(NC(=O)[C@H](C)NS(=O)(=O)c2ccc(Br)cc2)cccc1[N+](=O)[O-]. The number of nitro benzene ring substituents is 1. The molecular weight excluding hydrogens is 426 g/mol. The van der Waals surface area contributed by atoms with Crippen LogP contribution in [0.4, 0.5) is 11.4 Å². The van der Waals surface area contributed by atoms with Crippen molar-refractivity contribution in [3.8, 4) is 0 Å². The van der Waals surface area contributed by atoms with Gasteiger partial charge in [-0.05, 0) is 44.2 Å². The number of hydrogen-bond acceptors (Lipinski definition) is 5. The minimum absolute atomic E-state index is 0.0203. The van der Waals surface area contributed by atoms with Crippen LogP contribution in [0.1, 0.15) is 12.5 Å². The average Bonchev–Trinajstić information content (AvgIpc) is 2.56. The molecule has 0 aliphatic rings. The molecule has 0 aromatic heterocycles. The molecule has 1 atom stereocenters. The third-order valence-corrected chi connectivity index (χ3v) is 5.69. The van der Waals surface area contributed by atoms with Crippen molar-refractivity contribution in [2.75, 3.05) is 5.32 Å². The van der Waals surface area contributed by atoms with Gasteiger partial charge in [0.15, 0.2) is 0 Å². The van der Waals surface area contributed by atoms with Crippen LogP contribution in [-0.4, -0.2) is 25.3 Å². The Labute approximate surface area is 158 Å². The average molecular weight is 442 g/mol. The number of anilines is 1. The zero-order chi connectivity index (χ0) is 19.5. The van der Waals surface area contributed by atoms with E-state index in [9.17, 15) is 23.3 Å². The van der Waals surface area contributed by atoms with Gasteiger partial charge in [-0.25, -0.2) is 8.42 Å². The second kappa shape index (κ2) is 7.94. The van der Waals surface area contributed by atoms with Gasteiger partial charge in [-0.3, -0.25) is 14.9 Å². The highest BCUT2D eigenvalue weighted by atomic mass is 79.9. The molecule has 0 fully saturated rings. The highest BCUT2D eigenvalue weighted by Gasteiger charge is 2.23. The number of amides is 1. The van der Waals surface area contributed by atoms with Crippen molar-refractivity contribution in [1.29, 1.82) is 0 Å². The number of hydrogen-bond donors (Lipinski definition) is 2. The summed E-state index contributed by atoms with van der Waals surface area (Å²) >= 11 is 3.22. The van der Waals surface area contributed by atoms with E-state index in [2.05, 4.69) is 26.0 Å². The Balaban J connectivity index is 2.14. The number of sulfonamides is 1. The lowest BCUT2D eigenvalue weighted by atomic mass is 10.1. The molecule has 0 spiro atoms. The Morgan fingerprint density at radius 1 is 1.19 bits per heavy atom. The van der Waals surface area contributed by atoms with Gasteiger partial charge < -0.3 is 5.32 Å². The second-order valence-corrected chi connectivity index (χ2v) is 8.12. The maximum Gasteiger partial charge on any atom is 0.274 e. The first-order valence-electron chi connectivity index (χ1n) is 7.44. The standard InChI is InChI=1S/C16H16BrN3O5S/c1-10-14(4-3-5-15(10)20(22)23)18-16(21)11(2)19-26(24,25)13-8-6-12(17)7-9-13/h3-9,11,19H,1-2H3,(H,18,21)/t11-/m0/s1. The van der Waals surface area contributed by atoms with Crippen LogP contribution in [0, 0.1) is 17.0 Å². The van der Waals surface area contributed by atoms with E-state index in [1.54, 1.807) is 12.1 Å². The summed E-state index contributed by atoms with van der Waals surface area (Å²) in [6, 6.07) is 9.15. The summed E-state index contributed by atoms with van der Waals surface area (Å²) in [5.41, 5.74) is 0.401. The maximum absolute atomic E-state index is 12.3. The topological polar surface area (TPSA) is 118 Å². The fraction of sp³-hybridized carbons (Fsp3) is 0.188. The normalized spacial score (nSPS) is 12.4. The highest BCUT2D eigenvalue weighted by molar-refractivity contribution is 9.10. The lowest BCUT2D eigenvalue weighted by Gasteiger charge is -2.15. The lowest BCUT2D eigenvalue weighted by Crippen LogP contribution is -2.41. The van der Waals surface area contributed by atoms with Crippen molar-refractivity contribution >= 4 is 43.2 Å². The van der Waals surface area contributed by atoms with Crippen LogP contribution < -0.4 is 10.0 Å². The molecule has 0 aliphatic carbocycles. The van der Waals surface area contributed by atoms with Crippen LogP contribution in [0.3, 0.4) is 0 Å². The molecule has 2 rings (SSSR count). The summed E-state index contributed by atoms with van der Waals surface area (Å²) in [6.07, 6.45) is 0. The fourth-order valence-electron chi connectivity index (χ4n) is 2.17. The van der Waals surface area contributed by atoms with Crippen molar-refractivity contribution in [3.05, 3.63) is 62.6 Å². The zero-order valence-corrected chi connectivity index (χ0v) is 16.3. The van der Waals surface area contributed by atoms with Crippen LogP contribution in [0.25, 0.3) is 0 Å². The zero-order valence-electron chi connectivity index (χ0n) is 13.9. The molecule has 0 unspecified atom stereocenters. The van der Waals surface area contributed by atoms with Crippen molar-refractivity contribution < 1.29 is 18.1 Å². The molecule has 0 aliphatic heterocycles. The van der Waals surface area contributed by atoms with E-state index in [0.717, 1.165) is 4.47 Å². The van der Waals surface area contributed by atoms with Gasteiger partial charge in [0.2, 0.25) is 15.9 Å². The summed E-state index contributed by atoms with van der Waals surface area (Å²) in [5, 5.41) is 13.5. The molecule has 0 saturated carbocycles. The molecule has 0 saturated heterocycles. The molecule has 0 radical (unpaired) electrons. The van der Waals surface area contributed by atoms with E-state index >= 15 is 0 Å². The number of nitro groups is 1. The lowest BCUT2D eigenvalue weighted by molar-refractivity contribution is -0.385.